The number of carboxylic acids is 1. The number of aliphatic carboxylic acids is 1. The van der Waals surface area contributed by atoms with Crippen molar-refractivity contribution in [3.63, 3.8) is 0 Å². The maximum atomic E-state index is 11.6. The lowest BCUT2D eigenvalue weighted by Crippen LogP contribution is -2.70. The number of anilines is 2. The average Bonchev–Trinajstić information content (AvgIpc) is 2.76. The summed E-state index contributed by atoms with van der Waals surface area (Å²) in [6, 6.07) is 16.2. The molecule has 0 unspecified atom stereocenters. The van der Waals surface area contributed by atoms with Crippen LogP contribution in [0.25, 0.3) is 0 Å². The second-order valence-electron chi connectivity index (χ2n) is 8.88. The summed E-state index contributed by atoms with van der Waals surface area (Å²) in [6.07, 6.45) is -7.40. The summed E-state index contributed by atoms with van der Waals surface area (Å²) < 4.78 is 5.73. The van der Waals surface area contributed by atoms with Gasteiger partial charge >= 0.3 is 5.97 Å². The minimum absolute atomic E-state index is 0.0860. The fraction of sp³-hybridized carbons (Fsp3) is 0.435. The first-order valence-electron chi connectivity index (χ1n) is 10.5. The summed E-state index contributed by atoms with van der Waals surface area (Å²) in [4.78, 5) is 16.1. The van der Waals surface area contributed by atoms with Gasteiger partial charge < -0.3 is 30.1 Å². The van der Waals surface area contributed by atoms with E-state index in [4.69, 9.17) is 4.74 Å². The van der Waals surface area contributed by atoms with E-state index in [9.17, 15) is 25.2 Å². The Hall–Kier alpha value is -2.14. The third kappa shape index (κ3) is 3.89. The number of para-hydroxylation sites is 2. The lowest BCUT2D eigenvalue weighted by atomic mass is 9.96. The Morgan fingerprint density at radius 1 is 1.00 bits per heavy atom. The summed E-state index contributed by atoms with van der Waals surface area (Å²) in [6.45, 7) is 2.56. The van der Waals surface area contributed by atoms with Gasteiger partial charge in [-0.05, 0) is 31.2 Å². The van der Waals surface area contributed by atoms with Crippen molar-refractivity contribution in [2.75, 3.05) is 25.5 Å². The van der Waals surface area contributed by atoms with E-state index in [-0.39, 0.29) is 10.5 Å². The number of likely N-dealkylation sites (N-methyl/N-ethyl adjacent to an activating group) is 1. The van der Waals surface area contributed by atoms with Crippen LogP contribution in [-0.4, -0.2) is 88.2 Å². The van der Waals surface area contributed by atoms with Crippen LogP contribution in [-0.2, 0) is 9.53 Å². The molecule has 9 heteroatoms. The normalized spacial score (nSPS) is 28.6. The highest BCUT2D eigenvalue weighted by Crippen LogP contribution is 2.48. The van der Waals surface area contributed by atoms with Crippen molar-refractivity contribution in [3.05, 3.63) is 48.5 Å². The minimum Gasteiger partial charge on any atom is -0.479 e. The Morgan fingerprint density at radius 3 is 2.06 bits per heavy atom. The molecule has 0 saturated carbocycles. The number of nitrogens with zero attached hydrogens (tertiary/aromatic N) is 2. The van der Waals surface area contributed by atoms with E-state index in [1.54, 1.807) is 11.8 Å². The predicted octanol–water partition coefficient (Wildman–Crippen LogP) is 1.65. The molecule has 32 heavy (non-hydrogen) atoms. The number of benzene rings is 2. The Balaban J connectivity index is 1.64. The molecule has 4 rings (SSSR count). The van der Waals surface area contributed by atoms with Crippen LogP contribution < -0.4 is 4.90 Å². The van der Waals surface area contributed by atoms with E-state index in [0.29, 0.717) is 6.54 Å². The Kier molecular flexibility index (Phi) is 6.23. The smallest absolute Gasteiger partial charge is 0.335 e. The molecule has 2 aliphatic rings. The highest BCUT2D eigenvalue weighted by Gasteiger charge is 2.54. The Bertz CT molecular complexity index is 956. The molecule has 0 bridgehead atoms. The number of hydrogen-bond donors (Lipinski definition) is 4. The van der Waals surface area contributed by atoms with E-state index < -0.39 is 36.6 Å². The molecule has 0 aromatic heterocycles. The van der Waals surface area contributed by atoms with E-state index in [0.717, 1.165) is 21.2 Å². The van der Waals surface area contributed by atoms with Crippen LogP contribution in [0, 0.1) is 0 Å². The van der Waals surface area contributed by atoms with Gasteiger partial charge in [-0.25, -0.2) is 4.79 Å². The molecule has 4 N–H and O–H groups in total. The summed E-state index contributed by atoms with van der Waals surface area (Å²) in [7, 11) is 3.66. The number of aliphatic hydroxyl groups is 3. The molecule has 2 heterocycles. The minimum atomic E-state index is -1.70. The zero-order chi connectivity index (χ0) is 23.2. The summed E-state index contributed by atoms with van der Waals surface area (Å²) >= 11 is 1.72. The van der Waals surface area contributed by atoms with Gasteiger partial charge in [0.1, 0.15) is 18.2 Å². The molecule has 0 amide bonds. The Morgan fingerprint density at radius 2 is 1.53 bits per heavy atom. The van der Waals surface area contributed by atoms with Gasteiger partial charge in [0.15, 0.2) is 12.2 Å². The monoisotopic (exact) mass is 461 g/mol. The molecule has 1 fully saturated rings. The zero-order valence-corrected chi connectivity index (χ0v) is 19.0. The van der Waals surface area contributed by atoms with Crippen molar-refractivity contribution in [2.24, 2.45) is 0 Å². The number of fused-ring (bicyclic) bond motifs is 2. The Labute approximate surface area is 191 Å². The maximum Gasteiger partial charge on any atom is 0.335 e. The maximum absolute atomic E-state index is 11.6. The summed E-state index contributed by atoms with van der Waals surface area (Å²) in [5, 5.41) is 40.4. The molecule has 6 atom stereocenters. The van der Waals surface area contributed by atoms with Crippen LogP contribution in [0.4, 0.5) is 11.4 Å². The number of quaternary nitrogens is 1. The first-order valence-corrected chi connectivity index (χ1v) is 11.3. The first kappa shape index (κ1) is 23.0. The number of rotatable bonds is 5. The topological polar surface area (TPSA) is 110 Å². The number of ether oxygens (including phenoxy) is 1. The second-order valence-corrected chi connectivity index (χ2v) is 9.97. The molecule has 8 nitrogen and oxygen atoms in total. The molecule has 2 aromatic carbocycles. The third-order valence-corrected chi connectivity index (χ3v) is 7.73. The van der Waals surface area contributed by atoms with Gasteiger partial charge in [-0.2, -0.15) is 0 Å². The molecular formula is C23H29N2O6S+. The van der Waals surface area contributed by atoms with Crippen LogP contribution >= 0.6 is 11.8 Å². The van der Waals surface area contributed by atoms with Crippen LogP contribution in [0.1, 0.15) is 6.92 Å². The highest BCUT2D eigenvalue weighted by molar-refractivity contribution is 7.99. The average molecular weight is 462 g/mol. The van der Waals surface area contributed by atoms with Crippen molar-refractivity contribution in [1.29, 1.82) is 0 Å². The van der Waals surface area contributed by atoms with Gasteiger partial charge in [-0.3, -0.25) is 4.48 Å². The molecule has 0 radical (unpaired) electrons. The van der Waals surface area contributed by atoms with Crippen LogP contribution in [0.5, 0.6) is 0 Å². The van der Waals surface area contributed by atoms with Gasteiger partial charge in [0.2, 0.25) is 6.23 Å². The number of hydrogen-bond acceptors (Lipinski definition) is 7. The lowest BCUT2D eigenvalue weighted by molar-refractivity contribution is -0.963. The molecule has 2 aromatic rings. The van der Waals surface area contributed by atoms with Gasteiger partial charge in [0.05, 0.1) is 32.0 Å². The van der Waals surface area contributed by atoms with E-state index in [1.807, 2.05) is 45.3 Å². The lowest BCUT2D eigenvalue weighted by Gasteiger charge is -2.50. The van der Waals surface area contributed by atoms with Gasteiger partial charge in [-0.1, -0.05) is 36.0 Å². The van der Waals surface area contributed by atoms with Crippen molar-refractivity contribution in [1.82, 2.24) is 0 Å². The fourth-order valence-corrected chi connectivity index (χ4v) is 5.41. The standard InChI is InChI=1S/C23H28N2O6S/c1-13(25(2,3)22-20(28)18(26)19(27)21(31-22)23(29)30)12-24-14-8-4-6-10-16(14)32-17-11-7-5-9-15(17)24/h4-11,13,18-22,26-28H,12H2,1-3H3/p+1/t13-,18+,19+,20-,21+,22-/m1/s1. The second kappa shape index (κ2) is 8.66. The van der Waals surface area contributed by atoms with Crippen molar-refractivity contribution in [2.45, 2.75) is 53.4 Å². The van der Waals surface area contributed by atoms with Crippen molar-refractivity contribution < 1.29 is 34.4 Å². The predicted molar refractivity (Wildman–Crippen MR) is 120 cm³/mol. The zero-order valence-electron chi connectivity index (χ0n) is 18.2. The van der Waals surface area contributed by atoms with Gasteiger partial charge in [0, 0.05) is 9.79 Å². The van der Waals surface area contributed by atoms with E-state index in [1.165, 1.54) is 0 Å². The quantitative estimate of drug-likeness (QED) is 0.498. The number of aliphatic hydroxyl groups excluding tert-OH is 3. The molecule has 0 spiro atoms. The van der Waals surface area contributed by atoms with E-state index >= 15 is 0 Å². The number of carbonyl (C=O) groups is 1. The van der Waals surface area contributed by atoms with E-state index in [2.05, 4.69) is 29.2 Å². The largest absolute Gasteiger partial charge is 0.479 e. The first-order chi connectivity index (χ1) is 15.1. The fourth-order valence-electron chi connectivity index (χ4n) is 4.32. The SMILES string of the molecule is C[C@H](CN1c2ccccc2Sc2ccccc21)[N+](C)(C)[C@@H]1O[C@H](C(=O)O)[C@@H](O)[C@H](O)[C@H]1O. The van der Waals surface area contributed by atoms with Crippen LogP contribution in [0.2, 0.25) is 0 Å². The highest BCUT2D eigenvalue weighted by atomic mass is 32.2. The molecule has 1 saturated heterocycles. The summed E-state index contributed by atoms with van der Waals surface area (Å²) in [5.74, 6) is -1.38. The van der Waals surface area contributed by atoms with Crippen LogP contribution in [0.3, 0.4) is 0 Å². The summed E-state index contributed by atoms with van der Waals surface area (Å²) in [5.41, 5.74) is 2.15. The third-order valence-electron chi connectivity index (χ3n) is 6.60. The van der Waals surface area contributed by atoms with Crippen molar-refractivity contribution >= 4 is 29.1 Å². The van der Waals surface area contributed by atoms with Gasteiger partial charge in [-0.15, -0.1) is 0 Å². The van der Waals surface area contributed by atoms with Crippen LogP contribution in [0.15, 0.2) is 58.3 Å². The molecule has 172 valence electrons. The van der Waals surface area contributed by atoms with Crippen molar-refractivity contribution in [3.8, 4) is 0 Å². The van der Waals surface area contributed by atoms with Gasteiger partial charge in [0.25, 0.3) is 0 Å². The molecule has 2 aliphatic heterocycles. The molecule has 0 aliphatic carbocycles. The number of carboxylic acid groups (broad SMARTS) is 1. The molecular weight excluding hydrogens is 432 g/mol.